The molecule has 0 amide bonds. The van der Waals surface area contributed by atoms with Crippen LogP contribution in [0, 0.1) is 11.3 Å². The molecule has 2 N–H and O–H groups in total. The number of nitriles is 1. The quantitative estimate of drug-likeness (QED) is 0.608. The summed E-state index contributed by atoms with van der Waals surface area (Å²) in [6.45, 7) is 0. The third-order valence-corrected chi connectivity index (χ3v) is 1.44. The third kappa shape index (κ3) is 3.97. The van der Waals surface area contributed by atoms with E-state index in [2.05, 4.69) is 0 Å². The van der Waals surface area contributed by atoms with E-state index < -0.39 is 0 Å². The van der Waals surface area contributed by atoms with Crippen LogP contribution in [0.2, 0.25) is 0 Å². The normalized spacial score (nSPS) is 12.6. The predicted octanol–water partition coefficient (Wildman–Crippen LogP) is 0.590. The zero-order valence-electron chi connectivity index (χ0n) is 4.92. The van der Waals surface area contributed by atoms with Crippen molar-refractivity contribution in [2.45, 2.75) is 12.5 Å². The molecule has 0 aliphatic carbocycles. The minimum Gasteiger partial charge on any atom is -0.316 e. The number of rotatable bonds is 3. The Balaban J connectivity index is 3.02. The molecule has 0 saturated carbocycles. The Morgan fingerprint density at radius 3 is 2.88 bits per heavy atom. The molecule has 0 bridgehead atoms. The highest BCUT2D eigenvalue weighted by molar-refractivity contribution is 7.98. The third-order valence-electron chi connectivity index (χ3n) is 0.799. The first-order chi connectivity index (χ1) is 3.81. The van der Waals surface area contributed by atoms with Gasteiger partial charge in [0.1, 0.15) is 0 Å². The zero-order valence-corrected chi connectivity index (χ0v) is 5.74. The van der Waals surface area contributed by atoms with E-state index >= 15 is 0 Å². The van der Waals surface area contributed by atoms with Crippen LogP contribution in [-0.4, -0.2) is 18.1 Å². The fourth-order valence-electron chi connectivity index (χ4n) is 0.309. The van der Waals surface area contributed by atoms with Gasteiger partial charge in [-0.25, -0.2) is 0 Å². The van der Waals surface area contributed by atoms with Crippen molar-refractivity contribution in [3.05, 3.63) is 0 Å². The van der Waals surface area contributed by atoms with E-state index in [4.69, 9.17) is 11.0 Å². The number of hydrogen-bond acceptors (Lipinski definition) is 3. The molecule has 0 saturated heterocycles. The minimum atomic E-state index is -0.262. The van der Waals surface area contributed by atoms with Gasteiger partial charge in [0.05, 0.1) is 12.1 Å². The fraction of sp³-hybridized carbons (Fsp3) is 0.800. The molecule has 1 atom stereocenters. The van der Waals surface area contributed by atoms with E-state index in [0.717, 1.165) is 12.2 Å². The lowest BCUT2D eigenvalue weighted by Gasteiger charge is -1.96. The first-order valence-electron chi connectivity index (χ1n) is 2.45. The first-order valence-corrected chi connectivity index (χ1v) is 3.84. The van der Waals surface area contributed by atoms with E-state index in [0.29, 0.717) is 0 Å². The highest BCUT2D eigenvalue weighted by atomic mass is 32.2. The van der Waals surface area contributed by atoms with E-state index in [1.54, 1.807) is 11.8 Å². The monoisotopic (exact) mass is 130 g/mol. The van der Waals surface area contributed by atoms with Gasteiger partial charge in [-0.05, 0) is 18.4 Å². The molecule has 0 heterocycles. The molecule has 0 rings (SSSR count). The molecule has 46 valence electrons. The summed E-state index contributed by atoms with van der Waals surface area (Å²) in [6.07, 6.45) is 2.81. The highest BCUT2D eigenvalue weighted by Gasteiger charge is 1.95. The molecular weight excluding hydrogens is 120 g/mol. The van der Waals surface area contributed by atoms with Crippen LogP contribution >= 0.6 is 11.8 Å². The SMILES string of the molecule is CSCC[C@H](N)C#N. The summed E-state index contributed by atoms with van der Waals surface area (Å²) < 4.78 is 0. The lowest BCUT2D eigenvalue weighted by Crippen LogP contribution is -2.17. The lowest BCUT2D eigenvalue weighted by atomic mass is 10.3. The standard InChI is InChI=1S/C5H10N2S/c1-8-3-2-5(7)4-6/h5H,2-3,7H2,1H3/t5-/m0/s1. The molecule has 0 fully saturated rings. The van der Waals surface area contributed by atoms with Crippen LogP contribution in [0.3, 0.4) is 0 Å². The molecule has 0 aromatic carbocycles. The van der Waals surface area contributed by atoms with Gasteiger partial charge in [-0.1, -0.05) is 0 Å². The molecule has 2 nitrogen and oxygen atoms in total. The second kappa shape index (κ2) is 4.95. The summed E-state index contributed by atoms with van der Waals surface area (Å²) in [4.78, 5) is 0. The van der Waals surface area contributed by atoms with Crippen LogP contribution in [0.5, 0.6) is 0 Å². The second-order valence-corrected chi connectivity index (χ2v) is 2.50. The summed E-state index contributed by atoms with van der Waals surface area (Å²) in [6, 6.07) is 1.70. The van der Waals surface area contributed by atoms with Crippen LogP contribution < -0.4 is 5.73 Å². The summed E-state index contributed by atoms with van der Waals surface area (Å²) >= 11 is 1.71. The molecule has 0 aliphatic rings. The Hall–Kier alpha value is -0.200. The average Bonchev–Trinajstić information content (AvgIpc) is 1.83. The Kier molecular flexibility index (Phi) is 4.82. The van der Waals surface area contributed by atoms with Gasteiger partial charge in [0.2, 0.25) is 0 Å². The lowest BCUT2D eigenvalue weighted by molar-refractivity contribution is 0.804. The maximum Gasteiger partial charge on any atom is 0.0935 e. The molecule has 0 radical (unpaired) electrons. The minimum absolute atomic E-state index is 0.262. The van der Waals surface area contributed by atoms with Crippen LogP contribution in [0.25, 0.3) is 0 Å². The van der Waals surface area contributed by atoms with Gasteiger partial charge < -0.3 is 5.73 Å². The van der Waals surface area contributed by atoms with Gasteiger partial charge in [0, 0.05) is 0 Å². The van der Waals surface area contributed by atoms with Crippen LogP contribution in [0.1, 0.15) is 6.42 Å². The Labute approximate surface area is 54.1 Å². The number of nitrogens with two attached hydrogens (primary N) is 1. The first kappa shape index (κ1) is 7.80. The van der Waals surface area contributed by atoms with Crippen LogP contribution in [0.4, 0.5) is 0 Å². The Bertz CT molecular complexity index is 86.9. The number of hydrogen-bond donors (Lipinski definition) is 1. The largest absolute Gasteiger partial charge is 0.316 e. The summed E-state index contributed by atoms with van der Waals surface area (Å²) in [5.41, 5.74) is 5.28. The van der Waals surface area contributed by atoms with E-state index in [1.807, 2.05) is 12.3 Å². The van der Waals surface area contributed by atoms with Crippen molar-refractivity contribution in [2.75, 3.05) is 12.0 Å². The maximum atomic E-state index is 8.18. The van der Waals surface area contributed by atoms with Crippen molar-refractivity contribution in [3.63, 3.8) is 0 Å². The van der Waals surface area contributed by atoms with Crippen molar-refractivity contribution in [1.29, 1.82) is 5.26 Å². The average molecular weight is 130 g/mol. The maximum absolute atomic E-state index is 8.18. The number of thioether (sulfide) groups is 1. The van der Waals surface area contributed by atoms with E-state index in [9.17, 15) is 0 Å². The highest BCUT2D eigenvalue weighted by Crippen LogP contribution is 1.96. The molecule has 0 spiro atoms. The van der Waals surface area contributed by atoms with Gasteiger partial charge >= 0.3 is 0 Å². The molecule has 0 aromatic heterocycles. The summed E-state index contributed by atoms with van der Waals surface area (Å²) in [5.74, 6) is 0.981. The van der Waals surface area contributed by atoms with Gasteiger partial charge in [-0.2, -0.15) is 17.0 Å². The number of nitrogens with zero attached hydrogens (tertiary/aromatic N) is 1. The van der Waals surface area contributed by atoms with E-state index in [-0.39, 0.29) is 6.04 Å². The van der Waals surface area contributed by atoms with Crippen LogP contribution in [-0.2, 0) is 0 Å². The second-order valence-electron chi connectivity index (χ2n) is 1.52. The van der Waals surface area contributed by atoms with E-state index in [1.165, 1.54) is 0 Å². The molecule has 0 aliphatic heterocycles. The molecule has 8 heavy (non-hydrogen) atoms. The fourth-order valence-corrected chi connectivity index (χ4v) is 0.799. The summed E-state index contributed by atoms with van der Waals surface area (Å²) in [5, 5.41) is 8.18. The van der Waals surface area contributed by atoms with Crippen molar-refractivity contribution in [3.8, 4) is 6.07 Å². The van der Waals surface area contributed by atoms with Crippen molar-refractivity contribution < 1.29 is 0 Å². The topological polar surface area (TPSA) is 49.8 Å². The molecular formula is C5H10N2S. The van der Waals surface area contributed by atoms with Gasteiger partial charge in [0.25, 0.3) is 0 Å². The van der Waals surface area contributed by atoms with Gasteiger partial charge in [-0.3, -0.25) is 0 Å². The Morgan fingerprint density at radius 1 is 1.88 bits per heavy atom. The van der Waals surface area contributed by atoms with Crippen LogP contribution in [0.15, 0.2) is 0 Å². The zero-order chi connectivity index (χ0) is 6.41. The van der Waals surface area contributed by atoms with Gasteiger partial charge in [0.15, 0.2) is 0 Å². The van der Waals surface area contributed by atoms with Crippen molar-refractivity contribution >= 4 is 11.8 Å². The molecule has 0 aromatic rings. The Morgan fingerprint density at radius 2 is 2.50 bits per heavy atom. The van der Waals surface area contributed by atoms with Crippen molar-refractivity contribution in [1.82, 2.24) is 0 Å². The predicted molar refractivity (Wildman–Crippen MR) is 36.6 cm³/mol. The van der Waals surface area contributed by atoms with Gasteiger partial charge in [-0.15, -0.1) is 0 Å². The summed E-state index contributed by atoms with van der Waals surface area (Å²) in [7, 11) is 0. The molecule has 0 unspecified atom stereocenters. The smallest absolute Gasteiger partial charge is 0.0935 e. The van der Waals surface area contributed by atoms with Crippen molar-refractivity contribution in [2.24, 2.45) is 5.73 Å². The molecule has 3 heteroatoms.